The zero-order valence-corrected chi connectivity index (χ0v) is 15.7. The van der Waals surface area contributed by atoms with E-state index < -0.39 is 18.0 Å². The number of hydrogen-bond donors (Lipinski definition) is 2. The third-order valence-electron chi connectivity index (χ3n) is 4.46. The summed E-state index contributed by atoms with van der Waals surface area (Å²) in [7, 11) is 3.07. The van der Waals surface area contributed by atoms with Gasteiger partial charge in [0, 0.05) is 27.9 Å². The Hall–Kier alpha value is -2.99. The standard InChI is InChI=1S/C20H19ClN2O4/c1-11-17(19(24)12-4-6-13(21)7-5-12)18(23-20(25)22-11)15-9-8-14(26-2)10-16(15)27-3/h4-10,17-18H,1H2,2-3H3,(H2,22,23,25)/t17-,18+/m0/s1. The summed E-state index contributed by atoms with van der Waals surface area (Å²) in [6.45, 7) is 3.89. The Kier molecular flexibility index (Phi) is 5.37. The van der Waals surface area contributed by atoms with Crippen LogP contribution in [0.25, 0.3) is 0 Å². The number of nitrogens with one attached hydrogen (secondary N) is 2. The molecule has 0 aromatic heterocycles. The number of methoxy groups -OCH3 is 2. The lowest BCUT2D eigenvalue weighted by atomic mass is 9.83. The highest BCUT2D eigenvalue weighted by molar-refractivity contribution is 6.30. The molecule has 2 aromatic carbocycles. The van der Waals surface area contributed by atoms with Crippen LogP contribution in [0, 0.1) is 5.92 Å². The summed E-state index contributed by atoms with van der Waals surface area (Å²) < 4.78 is 10.7. The molecule has 1 saturated heterocycles. The van der Waals surface area contributed by atoms with Gasteiger partial charge in [-0.25, -0.2) is 4.79 Å². The molecule has 1 aliphatic heterocycles. The third-order valence-corrected chi connectivity index (χ3v) is 4.71. The van der Waals surface area contributed by atoms with Crippen LogP contribution in [0.5, 0.6) is 11.5 Å². The fourth-order valence-corrected chi connectivity index (χ4v) is 3.25. The molecule has 0 bridgehead atoms. The quantitative estimate of drug-likeness (QED) is 0.768. The maximum Gasteiger partial charge on any atom is 0.319 e. The predicted octanol–water partition coefficient (Wildman–Crippen LogP) is 3.72. The highest BCUT2D eigenvalue weighted by Crippen LogP contribution is 2.38. The number of urea groups is 1. The van der Waals surface area contributed by atoms with Crippen molar-refractivity contribution in [2.75, 3.05) is 14.2 Å². The molecule has 2 N–H and O–H groups in total. The maximum atomic E-state index is 13.2. The van der Waals surface area contributed by atoms with E-state index in [0.29, 0.717) is 33.3 Å². The Balaban J connectivity index is 2.05. The molecule has 0 saturated carbocycles. The molecule has 0 unspecified atom stereocenters. The number of Topliss-reactive ketones (excluding diaryl/α,β-unsaturated/α-hetero) is 1. The number of ketones is 1. The summed E-state index contributed by atoms with van der Waals surface area (Å²) in [5.41, 5.74) is 1.45. The highest BCUT2D eigenvalue weighted by atomic mass is 35.5. The van der Waals surface area contributed by atoms with Crippen molar-refractivity contribution in [2.24, 2.45) is 5.92 Å². The van der Waals surface area contributed by atoms with Crippen LogP contribution >= 0.6 is 11.6 Å². The zero-order chi connectivity index (χ0) is 19.6. The van der Waals surface area contributed by atoms with Gasteiger partial charge in [0.05, 0.1) is 26.2 Å². The lowest BCUT2D eigenvalue weighted by molar-refractivity contribution is 0.0904. The molecule has 2 amide bonds. The average molecular weight is 387 g/mol. The van der Waals surface area contributed by atoms with Gasteiger partial charge in [0.25, 0.3) is 0 Å². The third kappa shape index (κ3) is 3.75. The Morgan fingerprint density at radius 1 is 1.11 bits per heavy atom. The van der Waals surface area contributed by atoms with Gasteiger partial charge in [-0.2, -0.15) is 0 Å². The minimum atomic E-state index is -0.717. The number of rotatable bonds is 5. The molecule has 0 radical (unpaired) electrons. The first-order valence-electron chi connectivity index (χ1n) is 8.22. The lowest BCUT2D eigenvalue weighted by Gasteiger charge is -2.34. The molecule has 2 atom stereocenters. The van der Waals surface area contributed by atoms with Crippen LogP contribution < -0.4 is 20.1 Å². The Morgan fingerprint density at radius 3 is 2.44 bits per heavy atom. The van der Waals surface area contributed by atoms with Crippen molar-refractivity contribution in [3.05, 3.63) is 70.9 Å². The molecule has 2 aromatic rings. The second-order valence-corrected chi connectivity index (χ2v) is 6.49. The van der Waals surface area contributed by atoms with E-state index in [1.807, 2.05) is 0 Å². The number of halogens is 1. The first-order chi connectivity index (χ1) is 12.9. The van der Waals surface area contributed by atoms with Gasteiger partial charge >= 0.3 is 6.03 Å². The number of hydrogen-bond acceptors (Lipinski definition) is 4. The number of carbonyl (C=O) groups is 2. The van der Waals surface area contributed by atoms with Crippen LogP contribution in [0.3, 0.4) is 0 Å². The van der Waals surface area contributed by atoms with Crippen molar-refractivity contribution < 1.29 is 19.1 Å². The zero-order valence-electron chi connectivity index (χ0n) is 14.9. The summed E-state index contributed by atoms with van der Waals surface area (Å²) >= 11 is 5.92. The highest BCUT2D eigenvalue weighted by Gasteiger charge is 2.39. The van der Waals surface area contributed by atoms with E-state index in [9.17, 15) is 9.59 Å². The number of ether oxygens (including phenoxy) is 2. The Labute approximate surface area is 162 Å². The molecular formula is C20H19ClN2O4. The normalized spacial score (nSPS) is 19.1. The average Bonchev–Trinajstić information content (AvgIpc) is 2.67. The molecule has 7 heteroatoms. The van der Waals surface area contributed by atoms with Gasteiger partial charge in [-0.15, -0.1) is 0 Å². The van der Waals surface area contributed by atoms with E-state index in [-0.39, 0.29) is 5.78 Å². The number of amides is 2. The Bertz CT molecular complexity index is 895. The molecule has 6 nitrogen and oxygen atoms in total. The molecule has 0 spiro atoms. The fraction of sp³-hybridized carbons (Fsp3) is 0.200. The van der Waals surface area contributed by atoms with Crippen LogP contribution in [-0.2, 0) is 0 Å². The van der Waals surface area contributed by atoms with Crippen LogP contribution in [0.4, 0.5) is 4.79 Å². The minimum absolute atomic E-state index is 0.188. The summed E-state index contributed by atoms with van der Waals surface area (Å²) in [6, 6.07) is 10.7. The summed E-state index contributed by atoms with van der Waals surface area (Å²) in [4.78, 5) is 25.2. The van der Waals surface area contributed by atoms with Gasteiger partial charge in [0.1, 0.15) is 11.5 Å². The molecule has 140 valence electrons. The van der Waals surface area contributed by atoms with Crippen molar-refractivity contribution in [3.63, 3.8) is 0 Å². The molecule has 1 aliphatic rings. The number of carbonyl (C=O) groups excluding carboxylic acids is 2. The van der Waals surface area contributed by atoms with E-state index in [4.69, 9.17) is 21.1 Å². The maximum absolute atomic E-state index is 13.2. The van der Waals surface area contributed by atoms with Gasteiger partial charge in [0.15, 0.2) is 5.78 Å². The summed E-state index contributed by atoms with van der Waals surface area (Å²) in [6.07, 6.45) is 0. The van der Waals surface area contributed by atoms with Crippen LogP contribution in [0.1, 0.15) is 22.0 Å². The number of benzene rings is 2. The molecule has 1 heterocycles. The topological polar surface area (TPSA) is 76.7 Å². The summed E-state index contributed by atoms with van der Waals surface area (Å²) in [5, 5.41) is 5.94. The van der Waals surface area contributed by atoms with E-state index in [1.165, 1.54) is 7.11 Å². The van der Waals surface area contributed by atoms with Gasteiger partial charge in [-0.05, 0) is 36.4 Å². The van der Waals surface area contributed by atoms with Crippen molar-refractivity contribution in [3.8, 4) is 11.5 Å². The summed E-state index contributed by atoms with van der Waals surface area (Å²) in [5.74, 6) is 0.205. The van der Waals surface area contributed by atoms with Crippen LogP contribution in [0.2, 0.25) is 5.02 Å². The van der Waals surface area contributed by atoms with E-state index in [2.05, 4.69) is 17.2 Å². The SMILES string of the molecule is C=C1NC(=O)N[C@H](c2ccc(OC)cc2OC)[C@H]1C(=O)c1ccc(Cl)cc1. The first kappa shape index (κ1) is 18.8. The molecule has 1 fully saturated rings. The monoisotopic (exact) mass is 386 g/mol. The van der Waals surface area contributed by atoms with Crippen molar-refractivity contribution >= 4 is 23.4 Å². The van der Waals surface area contributed by atoms with E-state index in [1.54, 1.807) is 49.6 Å². The van der Waals surface area contributed by atoms with E-state index >= 15 is 0 Å². The van der Waals surface area contributed by atoms with E-state index in [0.717, 1.165) is 0 Å². The van der Waals surface area contributed by atoms with Gasteiger partial charge in [-0.3, -0.25) is 4.79 Å². The van der Waals surface area contributed by atoms with Gasteiger partial charge in [0.2, 0.25) is 0 Å². The smallest absolute Gasteiger partial charge is 0.319 e. The van der Waals surface area contributed by atoms with Gasteiger partial charge < -0.3 is 20.1 Å². The largest absolute Gasteiger partial charge is 0.497 e. The molecule has 3 rings (SSSR count). The Morgan fingerprint density at radius 2 is 1.81 bits per heavy atom. The first-order valence-corrected chi connectivity index (χ1v) is 8.60. The fourth-order valence-electron chi connectivity index (χ4n) is 3.12. The van der Waals surface area contributed by atoms with Crippen LogP contribution in [-0.4, -0.2) is 26.0 Å². The molecular weight excluding hydrogens is 368 g/mol. The van der Waals surface area contributed by atoms with Gasteiger partial charge in [-0.1, -0.05) is 18.2 Å². The van der Waals surface area contributed by atoms with Crippen LogP contribution in [0.15, 0.2) is 54.7 Å². The lowest BCUT2D eigenvalue weighted by Crippen LogP contribution is -2.50. The molecule has 0 aliphatic carbocycles. The second kappa shape index (κ2) is 7.72. The second-order valence-electron chi connectivity index (χ2n) is 6.06. The van der Waals surface area contributed by atoms with Crippen molar-refractivity contribution in [1.29, 1.82) is 0 Å². The minimum Gasteiger partial charge on any atom is -0.497 e. The van der Waals surface area contributed by atoms with Crippen molar-refractivity contribution in [1.82, 2.24) is 10.6 Å². The predicted molar refractivity (Wildman–Crippen MR) is 102 cm³/mol. The van der Waals surface area contributed by atoms with Crippen molar-refractivity contribution in [2.45, 2.75) is 6.04 Å². The molecule has 27 heavy (non-hydrogen) atoms.